The lowest BCUT2D eigenvalue weighted by Gasteiger charge is -2.31. The van der Waals surface area contributed by atoms with E-state index < -0.39 is 12.1 Å². The number of hydrogen-bond acceptors (Lipinski definition) is 2. The molecule has 1 heterocycles. The quantitative estimate of drug-likeness (QED) is 0.838. The average Bonchev–Trinajstić information content (AvgIpc) is 2.72. The zero-order valence-corrected chi connectivity index (χ0v) is 12.2. The Bertz CT molecular complexity index is 391. The van der Waals surface area contributed by atoms with E-state index in [0.717, 1.165) is 15.8 Å². The second kappa shape index (κ2) is 5.92. The van der Waals surface area contributed by atoms with E-state index in [0.29, 0.717) is 13.0 Å². The molecule has 0 saturated heterocycles. The first-order valence-electron chi connectivity index (χ1n) is 5.98. The molecule has 18 heavy (non-hydrogen) atoms. The second-order valence-electron chi connectivity index (χ2n) is 4.71. The highest BCUT2D eigenvalue weighted by Crippen LogP contribution is 2.37. The van der Waals surface area contributed by atoms with Gasteiger partial charge in [-0.25, -0.2) is 0 Å². The van der Waals surface area contributed by atoms with E-state index in [1.165, 1.54) is 0 Å². The van der Waals surface area contributed by atoms with E-state index >= 15 is 0 Å². The van der Waals surface area contributed by atoms with Gasteiger partial charge in [0.15, 0.2) is 0 Å². The minimum atomic E-state index is -4.04. The Morgan fingerprint density at radius 1 is 1.39 bits per heavy atom. The van der Waals surface area contributed by atoms with E-state index in [-0.39, 0.29) is 18.9 Å². The van der Waals surface area contributed by atoms with Crippen LogP contribution in [-0.4, -0.2) is 12.2 Å². The number of thiophene rings is 1. The highest BCUT2D eigenvalue weighted by atomic mass is 79.9. The predicted octanol–water partition coefficient (Wildman–Crippen LogP) is 4.72. The Kier molecular flexibility index (Phi) is 4.72. The standard InChI is InChI=1S/C12H15BrF3NS/c13-9-5-11(18-7-9)6-17-10-3-1-2-8(4-10)12(14,15)16/h5,7-8,10,17H,1-4,6H2. The maximum atomic E-state index is 12.6. The van der Waals surface area contributed by atoms with Crippen molar-refractivity contribution >= 4 is 27.3 Å². The lowest BCUT2D eigenvalue weighted by molar-refractivity contribution is -0.183. The van der Waals surface area contributed by atoms with Crippen molar-refractivity contribution in [1.82, 2.24) is 5.32 Å². The summed E-state index contributed by atoms with van der Waals surface area (Å²) >= 11 is 4.98. The second-order valence-corrected chi connectivity index (χ2v) is 6.63. The van der Waals surface area contributed by atoms with Crippen LogP contribution in [0.15, 0.2) is 15.9 Å². The van der Waals surface area contributed by atoms with Crippen LogP contribution in [0.25, 0.3) is 0 Å². The molecule has 0 aliphatic heterocycles. The van der Waals surface area contributed by atoms with Crippen LogP contribution in [0.5, 0.6) is 0 Å². The number of halogens is 4. The molecule has 1 saturated carbocycles. The van der Waals surface area contributed by atoms with E-state index in [4.69, 9.17) is 0 Å². The molecule has 6 heteroatoms. The largest absolute Gasteiger partial charge is 0.391 e. The molecule has 1 fully saturated rings. The Morgan fingerprint density at radius 3 is 2.78 bits per heavy atom. The fourth-order valence-corrected chi connectivity index (χ4v) is 3.77. The first-order valence-corrected chi connectivity index (χ1v) is 7.65. The van der Waals surface area contributed by atoms with Crippen molar-refractivity contribution in [1.29, 1.82) is 0 Å². The molecule has 0 amide bonds. The van der Waals surface area contributed by atoms with Gasteiger partial charge in [0.25, 0.3) is 0 Å². The van der Waals surface area contributed by atoms with Gasteiger partial charge in [0.05, 0.1) is 5.92 Å². The van der Waals surface area contributed by atoms with E-state index in [1.807, 2.05) is 11.4 Å². The third kappa shape index (κ3) is 3.96. The Labute approximate surface area is 117 Å². The summed E-state index contributed by atoms with van der Waals surface area (Å²) < 4.78 is 39.0. The molecule has 2 unspecified atom stereocenters. The zero-order chi connectivity index (χ0) is 13.2. The predicted molar refractivity (Wildman–Crippen MR) is 70.7 cm³/mol. The van der Waals surface area contributed by atoms with Gasteiger partial charge in [-0.15, -0.1) is 11.3 Å². The van der Waals surface area contributed by atoms with Gasteiger partial charge < -0.3 is 5.32 Å². The molecule has 1 aliphatic carbocycles. The van der Waals surface area contributed by atoms with Gasteiger partial charge in [-0.2, -0.15) is 13.2 Å². The molecule has 102 valence electrons. The number of hydrogen-bond donors (Lipinski definition) is 1. The fourth-order valence-electron chi connectivity index (χ4n) is 2.36. The topological polar surface area (TPSA) is 12.0 Å². The maximum Gasteiger partial charge on any atom is 0.391 e. The number of alkyl halides is 3. The minimum absolute atomic E-state index is 0.00810. The molecule has 2 rings (SSSR count). The molecule has 1 aromatic heterocycles. The minimum Gasteiger partial charge on any atom is -0.309 e. The molecule has 1 aliphatic rings. The molecular formula is C12H15BrF3NS. The Hall–Kier alpha value is -0.0700. The van der Waals surface area contributed by atoms with Gasteiger partial charge in [-0.05, 0) is 41.3 Å². The molecule has 0 aromatic carbocycles. The summed E-state index contributed by atoms with van der Waals surface area (Å²) in [5.41, 5.74) is 0. The average molecular weight is 342 g/mol. The first-order chi connectivity index (χ1) is 8.45. The highest BCUT2D eigenvalue weighted by molar-refractivity contribution is 9.10. The van der Waals surface area contributed by atoms with Gasteiger partial charge in [0.2, 0.25) is 0 Å². The Morgan fingerprint density at radius 2 is 2.17 bits per heavy atom. The molecule has 0 spiro atoms. The summed E-state index contributed by atoms with van der Waals surface area (Å²) in [7, 11) is 0. The molecule has 0 radical (unpaired) electrons. The smallest absolute Gasteiger partial charge is 0.309 e. The summed E-state index contributed by atoms with van der Waals surface area (Å²) in [5, 5.41) is 5.23. The molecule has 1 aromatic rings. The van der Waals surface area contributed by atoms with Crippen LogP contribution in [0.2, 0.25) is 0 Å². The monoisotopic (exact) mass is 341 g/mol. The van der Waals surface area contributed by atoms with Gasteiger partial charge in [-0.3, -0.25) is 0 Å². The van der Waals surface area contributed by atoms with E-state index in [2.05, 4.69) is 21.2 Å². The van der Waals surface area contributed by atoms with Gasteiger partial charge >= 0.3 is 6.18 Å². The summed E-state index contributed by atoms with van der Waals surface area (Å²) in [4.78, 5) is 1.15. The summed E-state index contributed by atoms with van der Waals surface area (Å²) in [6, 6.07) is 1.99. The Balaban J connectivity index is 1.83. The molecule has 2 atom stereocenters. The summed E-state index contributed by atoms with van der Waals surface area (Å²) in [6.07, 6.45) is -2.02. The van der Waals surface area contributed by atoms with E-state index in [9.17, 15) is 13.2 Å². The van der Waals surface area contributed by atoms with Crippen LogP contribution in [0.4, 0.5) is 13.2 Å². The molecular weight excluding hydrogens is 327 g/mol. The van der Waals surface area contributed by atoms with Crippen molar-refractivity contribution in [3.8, 4) is 0 Å². The molecule has 1 N–H and O–H groups in total. The van der Waals surface area contributed by atoms with Crippen LogP contribution < -0.4 is 5.32 Å². The maximum absolute atomic E-state index is 12.6. The van der Waals surface area contributed by atoms with Crippen molar-refractivity contribution in [3.63, 3.8) is 0 Å². The fraction of sp³-hybridized carbons (Fsp3) is 0.667. The van der Waals surface area contributed by atoms with Crippen molar-refractivity contribution in [3.05, 3.63) is 20.8 Å². The summed E-state index contributed by atoms with van der Waals surface area (Å²) in [5.74, 6) is -1.13. The SMILES string of the molecule is FC(F)(F)C1CCCC(NCc2cc(Br)cs2)C1. The zero-order valence-electron chi connectivity index (χ0n) is 9.77. The van der Waals surface area contributed by atoms with E-state index in [1.54, 1.807) is 11.3 Å². The van der Waals surface area contributed by atoms with Crippen LogP contribution in [0.3, 0.4) is 0 Å². The van der Waals surface area contributed by atoms with Gasteiger partial charge in [0, 0.05) is 27.3 Å². The van der Waals surface area contributed by atoms with Gasteiger partial charge in [0.1, 0.15) is 0 Å². The van der Waals surface area contributed by atoms with Crippen molar-refractivity contribution < 1.29 is 13.2 Å². The normalized spacial score (nSPS) is 25.3. The van der Waals surface area contributed by atoms with Crippen molar-refractivity contribution in [2.24, 2.45) is 5.92 Å². The van der Waals surface area contributed by atoms with Crippen molar-refractivity contribution in [2.45, 2.75) is 44.4 Å². The van der Waals surface area contributed by atoms with Crippen LogP contribution in [-0.2, 0) is 6.54 Å². The summed E-state index contributed by atoms with van der Waals surface area (Å²) in [6.45, 7) is 0.658. The number of nitrogens with one attached hydrogen (secondary N) is 1. The molecule has 0 bridgehead atoms. The molecule has 1 nitrogen and oxygen atoms in total. The van der Waals surface area contributed by atoms with Crippen LogP contribution >= 0.6 is 27.3 Å². The van der Waals surface area contributed by atoms with Crippen molar-refractivity contribution in [2.75, 3.05) is 0 Å². The first kappa shape index (κ1) is 14.3. The van der Waals surface area contributed by atoms with Crippen LogP contribution in [0, 0.1) is 5.92 Å². The van der Waals surface area contributed by atoms with Gasteiger partial charge in [-0.1, -0.05) is 6.42 Å². The van der Waals surface area contributed by atoms with Crippen LogP contribution in [0.1, 0.15) is 30.6 Å². The number of rotatable bonds is 3. The lowest BCUT2D eigenvalue weighted by Crippen LogP contribution is -2.38. The highest BCUT2D eigenvalue weighted by Gasteiger charge is 2.41. The lowest BCUT2D eigenvalue weighted by atomic mass is 9.85. The third-order valence-electron chi connectivity index (χ3n) is 3.32. The third-order valence-corrected chi connectivity index (χ3v) is 5.02.